The zero-order chi connectivity index (χ0) is 13.5. The van der Waals surface area contributed by atoms with Gasteiger partial charge >= 0.3 is 0 Å². The first-order chi connectivity index (χ1) is 9.79. The first-order valence-electron chi connectivity index (χ1n) is 6.80. The predicted octanol–water partition coefficient (Wildman–Crippen LogP) is 3.15. The van der Waals surface area contributed by atoms with Crippen LogP contribution in [0, 0.1) is 0 Å². The van der Waals surface area contributed by atoms with Gasteiger partial charge in [0.15, 0.2) is 11.5 Å². The summed E-state index contributed by atoms with van der Waals surface area (Å²) in [5.74, 6) is 1.61. The molecule has 2 aromatic rings. The first-order valence-corrected chi connectivity index (χ1v) is 6.80. The Morgan fingerprint density at radius 1 is 1.00 bits per heavy atom. The summed E-state index contributed by atoms with van der Waals surface area (Å²) < 4.78 is 10.7. The number of anilines is 3. The topological polar surface area (TPSA) is 33.7 Å². The number of rotatable bonds is 2. The van der Waals surface area contributed by atoms with Crippen LogP contribution in [0.15, 0.2) is 36.4 Å². The highest BCUT2D eigenvalue weighted by Crippen LogP contribution is 2.36. The van der Waals surface area contributed by atoms with E-state index < -0.39 is 0 Å². The number of nitrogens with one attached hydrogen (secondary N) is 1. The van der Waals surface area contributed by atoms with Gasteiger partial charge in [-0.3, -0.25) is 0 Å². The van der Waals surface area contributed by atoms with E-state index in [0.29, 0.717) is 6.79 Å². The molecule has 20 heavy (non-hydrogen) atoms. The van der Waals surface area contributed by atoms with Gasteiger partial charge in [-0.05, 0) is 42.3 Å². The molecule has 0 bridgehead atoms. The van der Waals surface area contributed by atoms with Gasteiger partial charge in [-0.25, -0.2) is 0 Å². The van der Waals surface area contributed by atoms with Crippen LogP contribution < -0.4 is 19.7 Å². The average Bonchev–Trinajstić information content (AvgIpc) is 3.05. The van der Waals surface area contributed by atoms with Gasteiger partial charge in [-0.2, -0.15) is 0 Å². The molecular formula is C16H16N2O2. The lowest BCUT2D eigenvalue weighted by molar-refractivity contribution is 0.174. The molecule has 2 aromatic carbocycles. The van der Waals surface area contributed by atoms with Crippen LogP contribution in [-0.2, 0) is 6.42 Å². The number of fused-ring (bicyclic) bond motifs is 2. The summed E-state index contributed by atoms with van der Waals surface area (Å²) in [4.78, 5) is 2.29. The molecular weight excluding hydrogens is 252 g/mol. The second-order valence-electron chi connectivity index (χ2n) is 5.21. The summed E-state index contributed by atoms with van der Waals surface area (Å²) in [5.41, 5.74) is 4.86. The van der Waals surface area contributed by atoms with Gasteiger partial charge in [0.25, 0.3) is 0 Å². The molecule has 0 amide bonds. The quantitative estimate of drug-likeness (QED) is 0.907. The van der Waals surface area contributed by atoms with Crippen molar-refractivity contribution >= 4 is 17.1 Å². The Morgan fingerprint density at radius 3 is 2.75 bits per heavy atom. The van der Waals surface area contributed by atoms with Crippen molar-refractivity contribution in [2.75, 3.05) is 30.6 Å². The summed E-state index contributed by atoms with van der Waals surface area (Å²) in [6.45, 7) is 1.41. The highest BCUT2D eigenvalue weighted by Gasteiger charge is 2.16. The first kappa shape index (κ1) is 11.5. The summed E-state index contributed by atoms with van der Waals surface area (Å²) in [6, 6.07) is 12.4. The minimum Gasteiger partial charge on any atom is -0.454 e. The molecule has 0 saturated heterocycles. The molecule has 0 fully saturated rings. The maximum Gasteiger partial charge on any atom is 0.231 e. The van der Waals surface area contributed by atoms with Crippen LogP contribution >= 0.6 is 0 Å². The number of hydrogen-bond donors (Lipinski definition) is 1. The fourth-order valence-electron chi connectivity index (χ4n) is 2.79. The van der Waals surface area contributed by atoms with Crippen LogP contribution in [0.25, 0.3) is 0 Å². The number of likely N-dealkylation sites (N-methyl/N-ethyl adjacent to an activating group) is 1. The predicted molar refractivity (Wildman–Crippen MR) is 79.3 cm³/mol. The van der Waals surface area contributed by atoms with E-state index >= 15 is 0 Å². The Labute approximate surface area is 117 Å². The number of benzene rings is 2. The van der Waals surface area contributed by atoms with Gasteiger partial charge < -0.3 is 19.7 Å². The monoisotopic (exact) mass is 268 g/mol. The Balaban J connectivity index is 1.60. The van der Waals surface area contributed by atoms with Crippen LogP contribution in [0.1, 0.15) is 5.56 Å². The summed E-state index contributed by atoms with van der Waals surface area (Å²) in [5, 5.41) is 3.42. The minimum atomic E-state index is 0.309. The lowest BCUT2D eigenvalue weighted by Gasteiger charge is -2.13. The molecule has 4 rings (SSSR count). The molecule has 0 aliphatic carbocycles. The van der Waals surface area contributed by atoms with Gasteiger partial charge in [-0.1, -0.05) is 0 Å². The molecule has 0 radical (unpaired) electrons. The molecule has 2 aliphatic heterocycles. The highest BCUT2D eigenvalue weighted by atomic mass is 16.7. The van der Waals surface area contributed by atoms with E-state index in [1.165, 1.54) is 11.3 Å². The van der Waals surface area contributed by atoms with Crippen molar-refractivity contribution in [1.82, 2.24) is 0 Å². The summed E-state index contributed by atoms with van der Waals surface area (Å²) in [7, 11) is 2.14. The maximum absolute atomic E-state index is 5.40. The second kappa shape index (κ2) is 4.34. The van der Waals surface area contributed by atoms with Crippen molar-refractivity contribution in [3.8, 4) is 11.5 Å². The third-order valence-corrected chi connectivity index (χ3v) is 3.87. The smallest absolute Gasteiger partial charge is 0.231 e. The Hall–Kier alpha value is -2.36. The van der Waals surface area contributed by atoms with Crippen molar-refractivity contribution in [2.45, 2.75) is 6.42 Å². The van der Waals surface area contributed by atoms with Crippen LogP contribution in [-0.4, -0.2) is 20.4 Å². The second-order valence-corrected chi connectivity index (χ2v) is 5.21. The van der Waals surface area contributed by atoms with Crippen molar-refractivity contribution in [1.29, 1.82) is 0 Å². The fraction of sp³-hybridized carbons (Fsp3) is 0.250. The molecule has 2 heterocycles. The van der Waals surface area contributed by atoms with Crippen LogP contribution in [0.4, 0.5) is 17.1 Å². The summed E-state index contributed by atoms with van der Waals surface area (Å²) >= 11 is 0. The third-order valence-electron chi connectivity index (χ3n) is 3.87. The molecule has 1 N–H and O–H groups in total. The van der Waals surface area contributed by atoms with Gasteiger partial charge in [0.05, 0.1) is 0 Å². The Bertz CT molecular complexity index is 670. The lowest BCUT2D eigenvalue weighted by Crippen LogP contribution is -2.12. The van der Waals surface area contributed by atoms with E-state index in [1.54, 1.807) is 0 Å². The van der Waals surface area contributed by atoms with Gasteiger partial charge in [0.2, 0.25) is 6.79 Å². The largest absolute Gasteiger partial charge is 0.454 e. The van der Waals surface area contributed by atoms with Crippen LogP contribution in [0.3, 0.4) is 0 Å². The molecule has 0 aromatic heterocycles. The molecule has 4 nitrogen and oxygen atoms in total. The Morgan fingerprint density at radius 2 is 1.80 bits per heavy atom. The zero-order valence-electron chi connectivity index (χ0n) is 11.3. The number of hydrogen-bond acceptors (Lipinski definition) is 4. The van der Waals surface area contributed by atoms with E-state index in [2.05, 4.69) is 35.5 Å². The van der Waals surface area contributed by atoms with Crippen molar-refractivity contribution < 1.29 is 9.47 Å². The molecule has 0 saturated carbocycles. The van der Waals surface area contributed by atoms with Gasteiger partial charge in [0, 0.05) is 36.7 Å². The molecule has 0 atom stereocenters. The molecule has 0 spiro atoms. The SMILES string of the molecule is CN1CCc2cc(Nc3ccc4c(c3)OCO4)ccc21. The zero-order valence-corrected chi connectivity index (χ0v) is 11.3. The van der Waals surface area contributed by atoms with E-state index in [1.807, 2.05) is 18.2 Å². The van der Waals surface area contributed by atoms with Crippen molar-refractivity contribution in [3.05, 3.63) is 42.0 Å². The van der Waals surface area contributed by atoms with Crippen LogP contribution in [0.5, 0.6) is 11.5 Å². The standard InChI is InChI=1S/C16H16N2O2/c1-18-7-6-11-8-12(2-4-14(11)18)17-13-3-5-15-16(9-13)20-10-19-15/h2-5,8-9,17H,6-7,10H2,1H3. The van der Waals surface area contributed by atoms with Crippen molar-refractivity contribution in [2.24, 2.45) is 0 Å². The van der Waals surface area contributed by atoms with E-state index in [9.17, 15) is 0 Å². The number of nitrogens with zero attached hydrogens (tertiary/aromatic N) is 1. The third kappa shape index (κ3) is 1.84. The van der Waals surface area contributed by atoms with E-state index in [-0.39, 0.29) is 0 Å². The average molecular weight is 268 g/mol. The highest BCUT2D eigenvalue weighted by molar-refractivity contribution is 5.69. The maximum atomic E-state index is 5.40. The van der Waals surface area contributed by atoms with E-state index in [0.717, 1.165) is 35.8 Å². The molecule has 102 valence electrons. The van der Waals surface area contributed by atoms with Gasteiger partial charge in [0.1, 0.15) is 0 Å². The normalized spacial score (nSPS) is 15.3. The van der Waals surface area contributed by atoms with Crippen molar-refractivity contribution in [3.63, 3.8) is 0 Å². The Kier molecular flexibility index (Phi) is 2.49. The molecule has 0 unspecified atom stereocenters. The van der Waals surface area contributed by atoms with Gasteiger partial charge in [-0.15, -0.1) is 0 Å². The molecule has 4 heteroatoms. The fourth-order valence-corrected chi connectivity index (χ4v) is 2.79. The van der Waals surface area contributed by atoms with Crippen LogP contribution in [0.2, 0.25) is 0 Å². The molecule has 2 aliphatic rings. The van der Waals surface area contributed by atoms with E-state index in [4.69, 9.17) is 9.47 Å². The number of ether oxygens (including phenoxy) is 2. The summed E-state index contributed by atoms with van der Waals surface area (Å²) in [6.07, 6.45) is 1.11. The lowest BCUT2D eigenvalue weighted by atomic mass is 10.1. The minimum absolute atomic E-state index is 0.309.